The van der Waals surface area contributed by atoms with Crippen molar-refractivity contribution in [1.29, 1.82) is 5.26 Å². The minimum Gasteiger partial charge on any atom is -0.457 e. The number of nitrogens with zero attached hydrogens (tertiary/aromatic N) is 1. The van der Waals surface area contributed by atoms with Crippen LogP contribution in [0.5, 0.6) is 0 Å². The van der Waals surface area contributed by atoms with E-state index in [2.05, 4.69) is 5.32 Å². The normalized spacial score (nSPS) is 15.2. The van der Waals surface area contributed by atoms with Gasteiger partial charge in [-0.2, -0.15) is 5.26 Å². The molecule has 0 atom stereocenters. The van der Waals surface area contributed by atoms with Crippen LogP contribution in [0.3, 0.4) is 0 Å². The lowest BCUT2D eigenvalue weighted by molar-refractivity contribution is -0.117. The Hall–Kier alpha value is -3.13. The van der Waals surface area contributed by atoms with E-state index in [1.807, 2.05) is 18.2 Å². The zero-order valence-electron chi connectivity index (χ0n) is 15.3. The third kappa shape index (κ3) is 4.73. The minimum absolute atomic E-state index is 0.00672. The molecule has 138 valence electrons. The Labute approximate surface area is 158 Å². The van der Waals surface area contributed by atoms with Gasteiger partial charge in [0.25, 0.3) is 5.91 Å². The predicted molar refractivity (Wildman–Crippen MR) is 103 cm³/mol. The van der Waals surface area contributed by atoms with Gasteiger partial charge < -0.3 is 9.73 Å². The van der Waals surface area contributed by atoms with E-state index < -0.39 is 0 Å². The maximum Gasteiger partial charge on any atom is 0.262 e. The van der Waals surface area contributed by atoms with Crippen molar-refractivity contribution in [2.24, 2.45) is 0 Å². The Morgan fingerprint density at radius 1 is 1.11 bits per heavy atom. The third-order valence-corrected chi connectivity index (χ3v) is 4.79. The molecule has 1 N–H and O–H groups in total. The quantitative estimate of drug-likeness (QED) is 0.482. The molecule has 0 radical (unpaired) electrons. The molecule has 1 saturated carbocycles. The second kappa shape index (κ2) is 8.50. The van der Waals surface area contributed by atoms with Gasteiger partial charge in [-0.3, -0.25) is 9.59 Å². The Balaban J connectivity index is 1.72. The molecule has 27 heavy (non-hydrogen) atoms. The first kappa shape index (κ1) is 18.7. The number of furan rings is 1. The molecule has 1 aliphatic rings. The van der Waals surface area contributed by atoms with Gasteiger partial charge in [0.1, 0.15) is 23.2 Å². The number of Topliss-reactive ketones (excluding diaryl/α,β-unsaturated/α-hetero) is 1. The van der Waals surface area contributed by atoms with Gasteiger partial charge in [-0.05, 0) is 31.9 Å². The summed E-state index contributed by atoms with van der Waals surface area (Å²) in [5.74, 6) is 0.706. The zero-order chi connectivity index (χ0) is 19.2. The number of rotatable bonds is 5. The van der Waals surface area contributed by atoms with Crippen molar-refractivity contribution in [3.8, 4) is 17.4 Å². The molecule has 0 aliphatic heterocycles. The molecule has 1 aromatic heterocycles. The fourth-order valence-electron chi connectivity index (χ4n) is 3.26. The molecular weight excluding hydrogens is 340 g/mol. The SMILES string of the molecule is CC(=O)c1ccc(-c2ccc(/C=C(\C#N)C(=O)NC3CCCCC3)o2)cc1. The van der Waals surface area contributed by atoms with E-state index in [4.69, 9.17) is 4.42 Å². The van der Waals surface area contributed by atoms with E-state index in [0.29, 0.717) is 17.1 Å². The lowest BCUT2D eigenvalue weighted by Crippen LogP contribution is -2.36. The van der Waals surface area contributed by atoms with Crippen LogP contribution in [0, 0.1) is 11.3 Å². The summed E-state index contributed by atoms with van der Waals surface area (Å²) in [6.45, 7) is 1.52. The first-order valence-corrected chi connectivity index (χ1v) is 9.20. The maximum atomic E-state index is 12.3. The Morgan fingerprint density at radius 3 is 2.44 bits per heavy atom. The van der Waals surface area contributed by atoms with Gasteiger partial charge in [0.05, 0.1) is 0 Å². The van der Waals surface area contributed by atoms with Gasteiger partial charge in [0.15, 0.2) is 5.78 Å². The van der Waals surface area contributed by atoms with E-state index in [1.165, 1.54) is 19.4 Å². The number of ketones is 1. The summed E-state index contributed by atoms with van der Waals surface area (Å²) in [4.78, 5) is 23.7. The second-order valence-corrected chi connectivity index (χ2v) is 6.81. The summed E-state index contributed by atoms with van der Waals surface area (Å²) < 4.78 is 5.75. The molecule has 3 rings (SSSR count). The summed E-state index contributed by atoms with van der Waals surface area (Å²) >= 11 is 0. The molecule has 5 heteroatoms. The van der Waals surface area contributed by atoms with Crippen molar-refractivity contribution in [1.82, 2.24) is 5.32 Å². The first-order valence-electron chi connectivity index (χ1n) is 9.20. The van der Waals surface area contributed by atoms with Crippen LogP contribution in [-0.2, 0) is 4.79 Å². The maximum absolute atomic E-state index is 12.3. The van der Waals surface area contributed by atoms with Gasteiger partial charge in [0, 0.05) is 23.2 Å². The minimum atomic E-state index is -0.354. The van der Waals surface area contributed by atoms with Crippen LogP contribution in [-0.4, -0.2) is 17.7 Å². The van der Waals surface area contributed by atoms with E-state index in [0.717, 1.165) is 31.2 Å². The highest BCUT2D eigenvalue weighted by Crippen LogP contribution is 2.24. The van der Waals surface area contributed by atoms with Crippen LogP contribution >= 0.6 is 0 Å². The summed E-state index contributed by atoms with van der Waals surface area (Å²) in [6, 6.07) is 12.7. The average molecular weight is 362 g/mol. The Bertz CT molecular complexity index is 894. The molecule has 0 unspecified atom stereocenters. The number of nitriles is 1. The van der Waals surface area contributed by atoms with Crippen molar-refractivity contribution in [2.75, 3.05) is 0 Å². The monoisotopic (exact) mass is 362 g/mol. The number of hydrogen-bond donors (Lipinski definition) is 1. The lowest BCUT2D eigenvalue weighted by Gasteiger charge is -2.22. The fourth-order valence-corrected chi connectivity index (χ4v) is 3.26. The average Bonchev–Trinajstić information content (AvgIpc) is 3.15. The Kier molecular flexibility index (Phi) is 5.87. The van der Waals surface area contributed by atoms with Gasteiger partial charge in [-0.1, -0.05) is 43.5 Å². The fraction of sp³-hybridized carbons (Fsp3) is 0.318. The van der Waals surface area contributed by atoms with Crippen molar-refractivity contribution in [3.05, 3.63) is 53.3 Å². The molecular formula is C22H22N2O3. The highest BCUT2D eigenvalue weighted by Gasteiger charge is 2.18. The van der Waals surface area contributed by atoms with Crippen LogP contribution < -0.4 is 5.32 Å². The van der Waals surface area contributed by atoms with Gasteiger partial charge in [0.2, 0.25) is 0 Å². The molecule has 5 nitrogen and oxygen atoms in total. The highest BCUT2D eigenvalue weighted by atomic mass is 16.3. The highest BCUT2D eigenvalue weighted by molar-refractivity contribution is 6.01. The van der Waals surface area contributed by atoms with Crippen molar-refractivity contribution in [2.45, 2.75) is 45.1 Å². The van der Waals surface area contributed by atoms with Gasteiger partial charge >= 0.3 is 0 Å². The molecule has 0 bridgehead atoms. The molecule has 1 fully saturated rings. The molecule has 2 aromatic rings. The molecule has 0 spiro atoms. The number of carbonyl (C=O) groups is 2. The van der Waals surface area contributed by atoms with Gasteiger partial charge in [-0.25, -0.2) is 0 Å². The van der Waals surface area contributed by atoms with Crippen molar-refractivity contribution >= 4 is 17.8 Å². The first-order chi connectivity index (χ1) is 13.1. The van der Waals surface area contributed by atoms with Crippen LogP contribution in [0.25, 0.3) is 17.4 Å². The second-order valence-electron chi connectivity index (χ2n) is 6.81. The summed E-state index contributed by atoms with van der Waals surface area (Å²) in [5.41, 5.74) is 1.50. The van der Waals surface area contributed by atoms with E-state index in [1.54, 1.807) is 24.3 Å². The number of benzene rings is 1. The Morgan fingerprint density at radius 2 is 1.81 bits per heavy atom. The molecule has 1 aromatic carbocycles. The van der Waals surface area contributed by atoms with Gasteiger partial charge in [-0.15, -0.1) is 0 Å². The topological polar surface area (TPSA) is 83.1 Å². The standard InChI is InChI=1S/C22H22N2O3/c1-15(25)16-7-9-17(10-8-16)21-12-11-20(27-21)13-18(14-23)22(26)24-19-5-3-2-4-6-19/h7-13,19H,2-6H2,1H3,(H,24,26)/b18-13+. The van der Waals surface area contributed by atoms with E-state index in [9.17, 15) is 14.9 Å². The summed E-state index contributed by atoms with van der Waals surface area (Å²) in [5, 5.41) is 12.3. The molecule has 1 amide bonds. The summed E-state index contributed by atoms with van der Waals surface area (Å²) in [7, 11) is 0. The van der Waals surface area contributed by atoms with Crippen LogP contribution in [0.4, 0.5) is 0 Å². The third-order valence-electron chi connectivity index (χ3n) is 4.79. The summed E-state index contributed by atoms with van der Waals surface area (Å²) in [6.07, 6.45) is 6.82. The lowest BCUT2D eigenvalue weighted by atomic mass is 9.95. The molecule has 1 heterocycles. The zero-order valence-corrected chi connectivity index (χ0v) is 15.3. The number of nitrogens with one attached hydrogen (secondary N) is 1. The molecule has 1 aliphatic carbocycles. The van der Waals surface area contributed by atoms with E-state index in [-0.39, 0.29) is 23.3 Å². The predicted octanol–water partition coefficient (Wildman–Crippen LogP) is 4.51. The molecule has 0 saturated heterocycles. The van der Waals surface area contributed by atoms with Crippen LogP contribution in [0.2, 0.25) is 0 Å². The van der Waals surface area contributed by atoms with Crippen molar-refractivity contribution < 1.29 is 14.0 Å². The largest absolute Gasteiger partial charge is 0.457 e. The van der Waals surface area contributed by atoms with E-state index >= 15 is 0 Å². The smallest absolute Gasteiger partial charge is 0.262 e. The van der Waals surface area contributed by atoms with Crippen LogP contribution in [0.15, 0.2) is 46.4 Å². The number of hydrogen-bond acceptors (Lipinski definition) is 4. The number of amides is 1. The van der Waals surface area contributed by atoms with Crippen molar-refractivity contribution in [3.63, 3.8) is 0 Å². The van der Waals surface area contributed by atoms with Crippen LogP contribution in [0.1, 0.15) is 55.1 Å². The number of carbonyl (C=O) groups excluding carboxylic acids is 2.